The van der Waals surface area contributed by atoms with Crippen LogP contribution in [0.4, 0.5) is 5.69 Å². The summed E-state index contributed by atoms with van der Waals surface area (Å²) in [5.41, 5.74) is 1.25. The van der Waals surface area contributed by atoms with Gasteiger partial charge in [0.1, 0.15) is 6.54 Å². The van der Waals surface area contributed by atoms with Crippen LogP contribution >= 0.6 is 0 Å². The van der Waals surface area contributed by atoms with E-state index in [9.17, 15) is 0 Å². The molecule has 1 aromatic heterocycles. The third-order valence-corrected chi connectivity index (χ3v) is 1.76. The lowest BCUT2D eigenvalue weighted by Gasteiger charge is -2.09. The Balaban J connectivity index is 0.00000121. The molecule has 1 aromatic rings. The Morgan fingerprint density at radius 1 is 1.25 bits per heavy atom. The number of hydrogen-bond donors (Lipinski definition) is 0. The largest absolute Gasteiger partial charge is 1.00 e. The molecule has 0 radical (unpaired) electrons. The van der Waals surface area contributed by atoms with Crippen LogP contribution in [0.3, 0.4) is 0 Å². The second-order valence-corrected chi connectivity index (χ2v) is 2.78. The van der Waals surface area contributed by atoms with E-state index < -0.39 is 0 Å². The summed E-state index contributed by atoms with van der Waals surface area (Å²) in [4.78, 5) is 2.10. The van der Waals surface area contributed by atoms with E-state index in [2.05, 4.69) is 40.9 Å². The molecule has 0 aromatic carbocycles. The number of aromatic nitrogens is 1. The fraction of sp³-hybridized carbons (Fsp3) is 0.444. The standard InChI is InChI=1S/C9H15N2.HI/c1-4-11-7-5-9(6-8-11)10(2)3;/h5-8H,4H2,1-3H3;1H/q+1;/p-1. The Hall–Kier alpha value is -0.320. The van der Waals surface area contributed by atoms with Crippen LogP contribution in [0, 0.1) is 0 Å². The lowest BCUT2D eigenvalue weighted by molar-refractivity contribution is -0.693. The van der Waals surface area contributed by atoms with Crippen molar-refractivity contribution >= 4 is 5.69 Å². The van der Waals surface area contributed by atoms with E-state index in [0.717, 1.165) is 6.54 Å². The highest BCUT2D eigenvalue weighted by molar-refractivity contribution is 5.41. The molecule has 1 heterocycles. The van der Waals surface area contributed by atoms with Crippen molar-refractivity contribution in [3.8, 4) is 0 Å². The van der Waals surface area contributed by atoms with Crippen molar-refractivity contribution in [1.29, 1.82) is 0 Å². The first-order valence-electron chi connectivity index (χ1n) is 3.90. The van der Waals surface area contributed by atoms with Crippen LogP contribution in [0.5, 0.6) is 0 Å². The molecule has 0 fully saturated rings. The molecule has 3 heteroatoms. The minimum Gasteiger partial charge on any atom is -1.00 e. The average molecular weight is 278 g/mol. The van der Waals surface area contributed by atoms with E-state index >= 15 is 0 Å². The van der Waals surface area contributed by atoms with E-state index in [1.54, 1.807) is 0 Å². The summed E-state index contributed by atoms with van der Waals surface area (Å²) in [6.07, 6.45) is 4.19. The molecule has 0 saturated carbocycles. The highest BCUT2D eigenvalue weighted by atomic mass is 127. The van der Waals surface area contributed by atoms with Gasteiger partial charge in [0.15, 0.2) is 12.4 Å². The first-order valence-corrected chi connectivity index (χ1v) is 3.90. The van der Waals surface area contributed by atoms with Gasteiger partial charge in [-0.05, 0) is 6.92 Å². The number of hydrogen-bond acceptors (Lipinski definition) is 1. The monoisotopic (exact) mass is 278 g/mol. The van der Waals surface area contributed by atoms with Crippen molar-refractivity contribution in [1.82, 2.24) is 0 Å². The van der Waals surface area contributed by atoms with Gasteiger partial charge in [0.05, 0.1) is 0 Å². The zero-order chi connectivity index (χ0) is 8.27. The summed E-state index contributed by atoms with van der Waals surface area (Å²) in [5, 5.41) is 0. The van der Waals surface area contributed by atoms with Crippen LogP contribution in [0.25, 0.3) is 0 Å². The minimum atomic E-state index is 0. The SMILES string of the molecule is CC[n+]1ccc(N(C)C)cc1.[I-]. The highest BCUT2D eigenvalue weighted by Gasteiger charge is 1.97. The Labute approximate surface area is 91.2 Å². The normalized spacial score (nSPS) is 8.92. The number of aryl methyl sites for hydroxylation is 1. The Morgan fingerprint density at radius 2 is 1.75 bits per heavy atom. The van der Waals surface area contributed by atoms with Crippen LogP contribution in [0.2, 0.25) is 0 Å². The van der Waals surface area contributed by atoms with Crippen molar-refractivity contribution < 1.29 is 28.5 Å². The summed E-state index contributed by atoms with van der Waals surface area (Å²) in [7, 11) is 4.09. The van der Waals surface area contributed by atoms with Crippen molar-refractivity contribution in [3.63, 3.8) is 0 Å². The molecule has 68 valence electrons. The molecule has 0 N–H and O–H groups in total. The predicted octanol–water partition coefficient (Wildman–Crippen LogP) is -1.94. The molecule has 2 nitrogen and oxygen atoms in total. The van der Waals surface area contributed by atoms with E-state index in [0.29, 0.717) is 0 Å². The van der Waals surface area contributed by atoms with E-state index in [1.807, 2.05) is 14.1 Å². The first kappa shape index (κ1) is 11.7. The van der Waals surface area contributed by atoms with Gasteiger partial charge in [0.25, 0.3) is 0 Å². The van der Waals surface area contributed by atoms with Crippen LogP contribution in [0.15, 0.2) is 24.5 Å². The van der Waals surface area contributed by atoms with Gasteiger partial charge in [-0.1, -0.05) is 0 Å². The van der Waals surface area contributed by atoms with E-state index in [1.165, 1.54) is 5.69 Å². The number of pyridine rings is 1. The molecule has 0 atom stereocenters. The summed E-state index contributed by atoms with van der Waals surface area (Å²) in [6.45, 7) is 3.17. The fourth-order valence-corrected chi connectivity index (χ4v) is 0.958. The third kappa shape index (κ3) is 2.97. The Kier molecular flexibility index (Phi) is 5.20. The topological polar surface area (TPSA) is 7.12 Å². The van der Waals surface area contributed by atoms with Gasteiger partial charge in [-0.2, -0.15) is 0 Å². The molecule has 0 amide bonds. The molecular formula is C9H15IN2. The number of rotatable bonds is 2. The maximum atomic E-state index is 2.15. The second-order valence-electron chi connectivity index (χ2n) is 2.78. The zero-order valence-electron chi connectivity index (χ0n) is 7.79. The van der Waals surface area contributed by atoms with Crippen molar-refractivity contribution in [2.75, 3.05) is 19.0 Å². The smallest absolute Gasteiger partial charge is 0.170 e. The average Bonchev–Trinajstić information content (AvgIpc) is 2.05. The maximum Gasteiger partial charge on any atom is 0.170 e. The zero-order valence-corrected chi connectivity index (χ0v) is 9.95. The molecule has 0 spiro atoms. The van der Waals surface area contributed by atoms with Crippen molar-refractivity contribution in [2.24, 2.45) is 0 Å². The number of nitrogens with zero attached hydrogens (tertiary/aromatic N) is 2. The molecular weight excluding hydrogens is 263 g/mol. The maximum absolute atomic E-state index is 2.15. The Morgan fingerprint density at radius 3 is 2.08 bits per heavy atom. The summed E-state index contributed by atoms with van der Waals surface area (Å²) in [5.74, 6) is 0. The third-order valence-electron chi connectivity index (χ3n) is 1.76. The van der Waals surface area contributed by atoms with Gasteiger partial charge < -0.3 is 28.9 Å². The van der Waals surface area contributed by atoms with Crippen LogP contribution in [0.1, 0.15) is 6.92 Å². The van der Waals surface area contributed by atoms with Gasteiger partial charge in [0, 0.05) is 31.9 Å². The van der Waals surface area contributed by atoms with E-state index in [-0.39, 0.29) is 24.0 Å². The molecule has 0 bridgehead atoms. The summed E-state index contributed by atoms with van der Waals surface area (Å²) >= 11 is 0. The van der Waals surface area contributed by atoms with Gasteiger partial charge >= 0.3 is 0 Å². The Bertz CT molecular complexity index is 218. The molecule has 0 unspecified atom stereocenters. The minimum absolute atomic E-state index is 0. The lowest BCUT2D eigenvalue weighted by atomic mass is 10.4. The van der Waals surface area contributed by atoms with Gasteiger partial charge in [-0.15, -0.1) is 0 Å². The summed E-state index contributed by atoms with van der Waals surface area (Å²) < 4.78 is 2.15. The summed E-state index contributed by atoms with van der Waals surface area (Å²) in [6, 6.07) is 4.23. The van der Waals surface area contributed by atoms with Gasteiger partial charge in [0.2, 0.25) is 0 Å². The van der Waals surface area contributed by atoms with Crippen molar-refractivity contribution in [2.45, 2.75) is 13.5 Å². The van der Waals surface area contributed by atoms with Crippen molar-refractivity contribution in [3.05, 3.63) is 24.5 Å². The van der Waals surface area contributed by atoms with Crippen LogP contribution in [-0.2, 0) is 6.54 Å². The number of anilines is 1. The molecule has 1 rings (SSSR count). The molecule has 12 heavy (non-hydrogen) atoms. The molecule has 0 saturated heterocycles. The molecule has 0 aliphatic carbocycles. The quantitative estimate of drug-likeness (QED) is 0.451. The number of halogens is 1. The fourth-order valence-electron chi connectivity index (χ4n) is 0.958. The molecule has 0 aliphatic rings. The molecule has 0 aliphatic heterocycles. The van der Waals surface area contributed by atoms with Crippen LogP contribution < -0.4 is 33.4 Å². The lowest BCUT2D eigenvalue weighted by Crippen LogP contribution is -3.00. The van der Waals surface area contributed by atoms with E-state index in [4.69, 9.17) is 0 Å². The second kappa shape index (κ2) is 5.35. The first-order chi connectivity index (χ1) is 5.24. The van der Waals surface area contributed by atoms with Crippen LogP contribution in [-0.4, -0.2) is 14.1 Å². The highest BCUT2D eigenvalue weighted by Crippen LogP contribution is 2.05. The van der Waals surface area contributed by atoms with Gasteiger partial charge in [-0.3, -0.25) is 0 Å². The predicted molar refractivity (Wildman–Crippen MR) is 46.6 cm³/mol. The van der Waals surface area contributed by atoms with Gasteiger partial charge in [-0.25, -0.2) is 4.57 Å².